The van der Waals surface area contributed by atoms with E-state index >= 15 is 0 Å². The SMILES string of the molecule is CSCC(C)CNC(=O)c1cc(O)ccc1Cl. The van der Waals surface area contributed by atoms with Crippen LogP contribution >= 0.6 is 23.4 Å². The predicted molar refractivity (Wildman–Crippen MR) is 73.0 cm³/mol. The number of carbonyl (C=O) groups excluding carboxylic acids is 1. The van der Waals surface area contributed by atoms with Gasteiger partial charge in [0, 0.05) is 6.54 Å². The summed E-state index contributed by atoms with van der Waals surface area (Å²) in [7, 11) is 0. The van der Waals surface area contributed by atoms with E-state index in [-0.39, 0.29) is 11.7 Å². The Hall–Kier alpha value is -0.870. The fraction of sp³-hybridized carbons (Fsp3) is 0.417. The standard InChI is InChI=1S/C12H16ClNO2S/c1-8(7-17-2)6-14-12(16)10-5-9(15)3-4-11(10)13/h3-5,8,15H,6-7H2,1-2H3,(H,14,16). The number of phenolic OH excluding ortho intramolecular Hbond substituents is 1. The van der Waals surface area contributed by atoms with Crippen LogP contribution in [0.1, 0.15) is 17.3 Å². The number of halogens is 1. The minimum Gasteiger partial charge on any atom is -0.508 e. The normalized spacial score (nSPS) is 12.2. The zero-order valence-corrected chi connectivity index (χ0v) is 11.4. The third kappa shape index (κ3) is 4.48. The van der Waals surface area contributed by atoms with Crippen LogP contribution in [0.15, 0.2) is 18.2 Å². The zero-order chi connectivity index (χ0) is 12.8. The number of hydrogen-bond donors (Lipinski definition) is 2. The second-order valence-electron chi connectivity index (χ2n) is 3.93. The second-order valence-corrected chi connectivity index (χ2v) is 5.25. The Morgan fingerprint density at radius 3 is 2.94 bits per heavy atom. The van der Waals surface area contributed by atoms with E-state index in [0.29, 0.717) is 23.0 Å². The first-order valence-electron chi connectivity index (χ1n) is 5.30. The topological polar surface area (TPSA) is 49.3 Å². The highest BCUT2D eigenvalue weighted by Crippen LogP contribution is 2.21. The first-order valence-corrected chi connectivity index (χ1v) is 7.07. The molecule has 3 nitrogen and oxygen atoms in total. The van der Waals surface area contributed by atoms with Crippen LogP contribution in [0.3, 0.4) is 0 Å². The lowest BCUT2D eigenvalue weighted by Crippen LogP contribution is -2.29. The molecule has 0 saturated heterocycles. The van der Waals surface area contributed by atoms with Crippen molar-refractivity contribution in [3.8, 4) is 5.75 Å². The monoisotopic (exact) mass is 273 g/mol. The third-order valence-electron chi connectivity index (χ3n) is 2.26. The molecule has 0 fully saturated rings. The number of amides is 1. The number of thioether (sulfide) groups is 1. The lowest BCUT2D eigenvalue weighted by atomic mass is 10.1. The van der Waals surface area contributed by atoms with E-state index in [9.17, 15) is 9.90 Å². The van der Waals surface area contributed by atoms with Crippen LogP contribution in [0.4, 0.5) is 0 Å². The van der Waals surface area contributed by atoms with Gasteiger partial charge in [0.1, 0.15) is 5.75 Å². The molecular formula is C12H16ClNO2S. The van der Waals surface area contributed by atoms with E-state index in [1.54, 1.807) is 11.8 Å². The van der Waals surface area contributed by atoms with Gasteiger partial charge in [0.2, 0.25) is 0 Å². The van der Waals surface area contributed by atoms with Crippen LogP contribution in [0.5, 0.6) is 5.75 Å². The molecule has 0 bridgehead atoms. The highest BCUT2D eigenvalue weighted by atomic mass is 35.5. The van der Waals surface area contributed by atoms with Crippen molar-refractivity contribution in [1.29, 1.82) is 0 Å². The zero-order valence-electron chi connectivity index (χ0n) is 9.87. The van der Waals surface area contributed by atoms with Crippen molar-refractivity contribution < 1.29 is 9.90 Å². The van der Waals surface area contributed by atoms with Crippen molar-refractivity contribution in [3.63, 3.8) is 0 Å². The number of nitrogens with one attached hydrogen (secondary N) is 1. The molecule has 0 aliphatic rings. The van der Waals surface area contributed by atoms with Gasteiger partial charge in [-0.2, -0.15) is 11.8 Å². The highest BCUT2D eigenvalue weighted by molar-refractivity contribution is 7.98. The molecular weight excluding hydrogens is 258 g/mol. The van der Waals surface area contributed by atoms with Crippen LogP contribution in [-0.2, 0) is 0 Å². The van der Waals surface area contributed by atoms with E-state index in [4.69, 9.17) is 11.6 Å². The van der Waals surface area contributed by atoms with Gasteiger partial charge in [0.05, 0.1) is 10.6 Å². The van der Waals surface area contributed by atoms with Crippen LogP contribution < -0.4 is 5.32 Å². The Balaban J connectivity index is 2.61. The minimum atomic E-state index is -0.251. The van der Waals surface area contributed by atoms with E-state index < -0.39 is 0 Å². The molecule has 17 heavy (non-hydrogen) atoms. The van der Waals surface area contributed by atoms with Gasteiger partial charge in [-0.3, -0.25) is 4.79 Å². The Morgan fingerprint density at radius 2 is 2.29 bits per heavy atom. The summed E-state index contributed by atoms with van der Waals surface area (Å²) in [6.07, 6.45) is 2.03. The van der Waals surface area contributed by atoms with E-state index in [1.807, 2.05) is 6.26 Å². The lowest BCUT2D eigenvalue weighted by molar-refractivity contribution is 0.0949. The molecule has 1 aromatic rings. The summed E-state index contributed by atoms with van der Waals surface area (Å²) >= 11 is 7.64. The Morgan fingerprint density at radius 1 is 1.59 bits per heavy atom. The fourth-order valence-corrected chi connectivity index (χ4v) is 2.28. The van der Waals surface area contributed by atoms with Gasteiger partial charge >= 0.3 is 0 Å². The van der Waals surface area contributed by atoms with E-state index in [1.165, 1.54) is 18.2 Å². The molecule has 1 atom stereocenters. The van der Waals surface area contributed by atoms with Crippen molar-refractivity contribution in [2.75, 3.05) is 18.6 Å². The molecule has 1 aromatic carbocycles. The summed E-state index contributed by atoms with van der Waals surface area (Å²) in [6.45, 7) is 2.67. The maximum Gasteiger partial charge on any atom is 0.252 e. The van der Waals surface area contributed by atoms with Crippen LogP contribution in [-0.4, -0.2) is 29.6 Å². The third-order valence-corrected chi connectivity index (χ3v) is 3.49. The van der Waals surface area contributed by atoms with Gasteiger partial charge in [0.25, 0.3) is 5.91 Å². The van der Waals surface area contributed by atoms with Crippen molar-refractivity contribution >= 4 is 29.3 Å². The highest BCUT2D eigenvalue weighted by Gasteiger charge is 2.12. The molecule has 0 radical (unpaired) electrons. The number of carbonyl (C=O) groups is 1. The first kappa shape index (κ1) is 14.2. The van der Waals surface area contributed by atoms with Gasteiger partial charge < -0.3 is 10.4 Å². The van der Waals surface area contributed by atoms with E-state index in [2.05, 4.69) is 12.2 Å². The average molecular weight is 274 g/mol. The van der Waals surface area contributed by atoms with Gasteiger partial charge in [0.15, 0.2) is 0 Å². The first-order chi connectivity index (χ1) is 8.04. The molecule has 0 heterocycles. The maximum atomic E-state index is 11.8. The predicted octanol–water partition coefficient (Wildman–Crippen LogP) is 2.77. The van der Waals surface area contributed by atoms with Crippen LogP contribution in [0.25, 0.3) is 0 Å². The number of hydrogen-bond acceptors (Lipinski definition) is 3. The van der Waals surface area contributed by atoms with Crippen molar-refractivity contribution in [1.82, 2.24) is 5.32 Å². The van der Waals surface area contributed by atoms with Crippen LogP contribution in [0.2, 0.25) is 5.02 Å². The largest absolute Gasteiger partial charge is 0.508 e. The summed E-state index contributed by atoms with van der Waals surface area (Å²) in [6, 6.07) is 4.34. The quantitative estimate of drug-likeness (QED) is 0.867. The van der Waals surface area contributed by atoms with Crippen molar-refractivity contribution in [3.05, 3.63) is 28.8 Å². The van der Waals surface area contributed by atoms with Crippen molar-refractivity contribution in [2.45, 2.75) is 6.92 Å². The smallest absolute Gasteiger partial charge is 0.252 e. The molecule has 0 aliphatic heterocycles. The molecule has 1 amide bonds. The summed E-state index contributed by atoms with van der Waals surface area (Å²) in [5, 5.41) is 12.5. The number of rotatable bonds is 5. The molecule has 1 unspecified atom stereocenters. The van der Waals surface area contributed by atoms with Gasteiger partial charge in [-0.25, -0.2) is 0 Å². The molecule has 0 saturated carbocycles. The van der Waals surface area contributed by atoms with Crippen LogP contribution in [0, 0.1) is 5.92 Å². The minimum absolute atomic E-state index is 0.0386. The number of benzene rings is 1. The molecule has 0 aromatic heterocycles. The van der Waals surface area contributed by atoms with Gasteiger partial charge in [-0.1, -0.05) is 18.5 Å². The molecule has 1 rings (SSSR count). The Kier molecular flexibility index (Phi) is 5.65. The molecule has 2 N–H and O–H groups in total. The summed E-state index contributed by atoms with van der Waals surface area (Å²) in [5.74, 6) is 1.19. The average Bonchev–Trinajstić information content (AvgIpc) is 2.29. The fourth-order valence-electron chi connectivity index (χ4n) is 1.39. The summed E-state index contributed by atoms with van der Waals surface area (Å²) in [5.41, 5.74) is 0.308. The van der Waals surface area contributed by atoms with Gasteiger partial charge in [-0.05, 0) is 36.1 Å². The number of phenols is 1. The molecule has 5 heteroatoms. The second kappa shape index (κ2) is 6.77. The van der Waals surface area contributed by atoms with Gasteiger partial charge in [-0.15, -0.1) is 0 Å². The molecule has 0 aliphatic carbocycles. The van der Waals surface area contributed by atoms with Crippen molar-refractivity contribution in [2.24, 2.45) is 5.92 Å². The maximum absolute atomic E-state index is 11.8. The summed E-state index contributed by atoms with van der Waals surface area (Å²) < 4.78 is 0. The summed E-state index contributed by atoms with van der Waals surface area (Å²) in [4.78, 5) is 11.8. The Bertz CT molecular complexity index is 398. The number of aromatic hydroxyl groups is 1. The lowest BCUT2D eigenvalue weighted by Gasteiger charge is -2.12. The van der Waals surface area contributed by atoms with E-state index in [0.717, 1.165) is 5.75 Å². The molecule has 94 valence electrons. The Labute approximate surface area is 111 Å². The molecule has 0 spiro atoms.